The zero-order valence-electron chi connectivity index (χ0n) is 9.36. The van der Waals surface area contributed by atoms with E-state index in [2.05, 4.69) is 14.3 Å². The van der Waals surface area contributed by atoms with Gasteiger partial charge in [0.25, 0.3) is 0 Å². The van der Waals surface area contributed by atoms with Crippen LogP contribution in [0.1, 0.15) is 16.2 Å². The predicted molar refractivity (Wildman–Crippen MR) is 65.8 cm³/mol. The van der Waals surface area contributed by atoms with Crippen LogP contribution in [0.2, 0.25) is 0 Å². The van der Waals surface area contributed by atoms with Gasteiger partial charge in [-0.3, -0.25) is 4.40 Å². The Kier molecular flexibility index (Phi) is 2.34. The highest BCUT2D eigenvalue weighted by Crippen LogP contribution is 2.23. The van der Waals surface area contributed by atoms with E-state index in [1.165, 1.54) is 17.9 Å². The molecule has 3 aromatic heterocycles. The summed E-state index contributed by atoms with van der Waals surface area (Å²) in [6, 6.07) is 3.73. The first-order valence-corrected chi connectivity index (χ1v) is 5.93. The highest BCUT2D eigenvalue weighted by Gasteiger charge is 2.16. The molecule has 0 fully saturated rings. The van der Waals surface area contributed by atoms with Crippen LogP contribution in [0.5, 0.6) is 0 Å². The Balaban J connectivity index is 2.31. The number of nitrogens with zero attached hydrogens (tertiary/aromatic N) is 4. The molecule has 0 saturated carbocycles. The Hall–Kier alpha value is -2.28. The molecular weight excluding hydrogens is 252 g/mol. The van der Waals surface area contributed by atoms with Gasteiger partial charge < -0.3 is 5.11 Å². The van der Waals surface area contributed by atoms with Crippen LogP contribution in [0.15, 0.2) is 24.7 Å². The first kappa shape index (κ1) is 10.8. The molecule has 0 bridgehead atoms. The maximum atomic E-state index is 11.1. The Labute approximate surface area is 106 Å². The van der Waals surface area contributed by atoms with Crippen molar-refractivity contribution in [2.45, 2.75) is 6.92 Å². The summed E-state index contributed by atoms with van der Waals surface area (Å²) in [5, 5.41) is 9.06. The first-order chi connectivity index (χ1) is 8.66. The van der Waals surface area contributed by atoms with Crippen molar-refractivity contribution in [2.24, 2.45) is 0 Å². The minimum absolute atomic E-state index is 0.0375. The van der Waals surface area contributed by atoms with E-state index in [-0.39, 0.29) is 5.69 Å². The molecule has 3 rings (SSSR count). The van der Waals surface area contributed by atoms with Crippen molar-refractivity contribution in [2.75, 3.05) is 0 Å². The molecular formula is C11H8N4O2S. The number of aromatic carboxylic acids is 1. The molecule has 7 heteroatoms. The first-order valence-electron chi connectivity index (χ1n) is 5.16. The van der Waals surface area contributed by atoms with E-state index >= 15 is 0 Å². The molecule has 0 saturated heterocycles. The molecule has 0 atom stereocenters. The quantitative estimate of drug-likeness (QED) is 0.760. The van der Waals surface area contributed by atoms with Gasteiger partial charge in [-0.1, -0.05) is 0 Å². The lowest BCUT2D eigenvalue weighted by Gasteiger charge is -2.03. The van der Waals surface area contributed by atoms with E-state index in [1.807, 2.05) is 19.1 Å². The van der Waals surface area contributed by atoms with Crippen LogP contribution in [0.3, 0.4) is 0 Å². The van der Waals surface area contributed by atoms with E-state index < -0.39 is 5.97 Å². The summed E-state index contributed by atoms with van der Waals surface area (Å²) in [6.07, 6.45) is 3.16. The molecule has 6 nitrogen and oxygen atoms in total. The molecule has 0 radical (unpaired) electrons. The number of fused-ring (bicyclic) bond motifs is 1. The third-order valence-electron chi connectivity index (χ3n) is 2.59. The number of imidazole rings is 1. The average Bonchev–Trinajstić information content (AvgIpc) is 2.97. The van der Waals surface area contributed by atoms with E-state index in [0.717, 1.165) is 10.6 Å². The van der Waals surface area contributed by atoms with Gasteiger partial charge in [0.1, 0.15) is 6.33 Å². The largest absolute Gasteiger partial charge is 0.476 e. The average molecular weight is 260 g/mol. The van der Waals surface area contributed by atoms with Crippen LogP contribution >= 0.6 is 11.5 Å². The van der Waals surface area contributed by atoms with Gasteiger partial charge >= 0.3 is 5.97 Å². The topological polar surface area (TPSA) is 80.4 Å². The van der Waals surface area contributed by atoms with Crippen LogP contribution in [-0.4, -0.2) is 29.8 Å². The molecule has 0 unspecified atom stereocenters. The third kappa shape index (κ3) is 1.56. The fourth-order valence-corrected chi connectivity index (χ4v) is 2.30. The van der Waals surface area contributed by atoms with Gasteiger partial charge in [-0.25, -0.2) is 19.1 Å². The lowest BCUT2D eigenvalue weighted by Crippen LogP contribution is -2.01. The van der Waals surface area contributed by atoms with Crippen molar-refractivity contribution >= 4 is 23.1 Å². The summed E-state index contributed by atoms with van der Waals surface area (Å²) in [7, 11) is 0. The number of hydrogen-bond acceptors (Lipinski definition) is 5. The highest BCUT2D eigenvalue weighted by atomic mass is 32.1. The highest BCUT2D eigenvalue weighted by molar-refractivity contribution is 7.09. The van der Waals surface area contributed by atoms with Crippen molar-refractivity contribution in [3.05, 3.63) is 36.0 Å². The third-order valence-corrected chi connectivity index (χ3v) is 3.36. The fraction of sp³-hybridized carbons (Fsp3) is 0.0909. The second kappa shape index (κ2) is 3.88. The molecule has 0 aliphatic carbocycles. The summed E-state index contributed by atoms with van der Waals surface area (Å²) >= 11 is 1.32. The van der Waals surface area contributed by atoms with Gasteiger partial charge in [-0.2, -0.15) is 0 Å². The fourth-order valence-electron chi connectivity index (χ4n) is 1.75. The number of carboxylic acid groups (broad SMARTS) is 1. The molecule has 0 aliphatic rings. The van der Waals surface area contributed by atoms with Crippen LogP contribution < -0.4 is 0 Å². The molecule has 3 heterocycles. The summed E-state index contributed by atoms with van der Waals surface area (Å²) in [5.41, 5.74) is 1.91. The smallest absolute Gasteiger partial charge is 0.358 e. The number of hydrogen-bond donors (Lipinski definition) is 1. The number of carboxylic acids is 1. The zero-order valence-corrected chi connectivity index (χ0v) is 10.2. The lowest BCUT2D eigenvalue weighted by molar-refractivity contribution is 0.0693. The predicted octanol–water partition coefficient (Wildman–Crippen LogP) is 1.86. The lowest BCUT2D eigenvalue weighted by atomic mass is 10.3. The number of carbonyl (C=O) groups is 1. The maximum Gasteiger partial charge on any atom is 0.358 e. The number of rotatable bonds is 2. The summed E-state index contributed by atoms with van der Waals surface area (Å²) < 4.78 is 5.68. The summed E-state index contributed by atoms with van der Waals surface area (Å²) in [6.45, 7) is 1.88. The van der Waals surface area contributed by atoms with Crippen molar-refractivity contribution in [1.29, 1.82) is 0 Å². The van der Waals surface area contributed by atoms with Gasteiger partial charge in [0, 0.05) is 11.9 Å². The van der Waals surface area contributed by atoms with E-state index in [1.54, 1.807) is 10.6 Å². The van der Waals surface area contributed by atoms with Crippen LogP contribution in [0.4, 0.5) is 0 Å². The van der Waals surface area contributed by atoms with E-state index in [0.29, 0.717) is 11.3 Å². The Morgan fingerprint density at radius 3 is 3.00 bits per heavy atom. The van der Waals surface area contributed by atoms with Gasteiger partial charge in [-0.15, -0.1) is 0 Å². The summed E-state index contributed by atoms with van der Waals surface area (Å²) in [5.74, 6) is -1.08. The van der Waals surface area contributed by atoms with E-state index in [4.69, 9.17) is 5.11 Å². The van der Waals surface area contributed by atoms with Crippen molar-refractivity contribution in [3.8, 4) is 10.6 Å². The van der Waals surface area contributed by atoms with Gasteiger partial charge in [0.2, 0.25) is 0 Å². The Morgan fingerprint density at radius 1 is 1.50 bits per heavy atom. The normalized spacial score (nSPS) is 10.9. The Bertz CT molecular complexity index is 733. The second-order valence-electron chi connectivity index (χ2n) is 3.75. The monoisotopic (exact) mass is 260 g/mol. The van der Waals surface area contributed by atoms with Crippen LogP contribution in [-0.2, 0) is 0 Å². The number of aryl methyl sites for hydroxylation is 1. The molecule has 1 N–H and O–H groups in total. The van der Waals surface area contributed by atoms with Gasteiger partial charge in [0.15, 0.2) is 11.3 Å². The van der Waals surface area contributed by atoms with Crippen molar-refractivity contribution in [1.82, 2.24) is 18.7 Å². The standard InChI is InChI=1S/C11H8N4O2S/c1-6-4-7(8-2-3-13-18-8)14-10-9(11(16)17)12-5-15(6)10/h2-5H,1H3,(H,16,17). The summed E-state index contributed by atoms with van der Waals surface area (Å²) in [4.78, 5) is 20.2. The van der Waals surface area contributed by atoms with Gasteiger partial charge in [0.05, 0.1) is 10.6 Å². The van der Waals surface area contributed by atoms with Crippen LogP contribution in [0, 0.1) is 6.92 Å². The molecule has 0 amide bonds. The van der Waals surface area contributed by atoms with E-state index in [9.17, 15) is 4.79 Å². The zero-order chi connectivity index (χ0) is 12.7. The number of aromatic nitrogens is 4. The van der Waals surface area contributed by atoms with Gasteiger partial charge in [-0.05, 0) is 30.6 Å². The van der Waals surface area contributed by atoms with Crippen molar-refractivity contribution in [3.63, 3.8) is 0 Å². The van der Waals surface area contributed by atoms with Crippen LogP contribution in [0.25, 0.3) is 16.2 Å². The Morgan fingerprint density at radius 2 is 2.33 bits per heavy atom. The van der Waals surface area contributed by atoms with Crippen molar-refractivity contribution < 1.29 is 9.90 Å². The maximum absolute atomic E-state index is 11.1. The minimum atomic E-state index is -1.08. The molecule has 3 aromatic rings. The second-order valence-corrected chi connectivity index (χ2v) is 4.58. The SMILES string of the molecule is Cc1cc(-c2ccns2)nc2c(C(=O)O)ncn12. The molecule has 18 heavy (non-hydrogen) atoms. The molecule has 0 aromatic carbocycles. The molecule has 0 aliphatic heterocycles. The molecule has 0 spiro atoms. The minimum Gasteiger partial charge on any atom is -0.476 e. The molecule has 90 valence electrons.